The van der Waals surface area contributed by atoms with Gasteiger partial charge >= 0.3 is 12.1 Å². The SMILES string of the molecule is CC1=C2C(O)C(=O)C3(C)C(OC(=O)OCc4ccccc4)CC4OCC4(O)C3C(OC(=O)c3ccccc3)C(O)(CC1O)C2(C)C.[Ac].[Ac]. The van der Waals surface area contributed by atoms with Crippen molar-refractivity contribution < 1.29 is 142 Å². The van der Waals surface area contributed by atoms with Gasteiger partial charge in [-0.05, 0) is 42.7 Å². The summed E-state index contributed by atoms with van der Waals surface area (Å²) in [4.78, 5) is 41.6. The van der Waals surface area contributed by atoms with Gasteiger partial charge < -0.3 is 39.4 Å². The summed E-state index contributed by atoms with van der Waals surface area (Å²) in [5.41, 5.74) is -6.10. The van der Waals surface area contributed by atoms with Crippen LogP contribution in [0.15, 0.2) is 71.8 Å². The van der Waals surface area contributed by atoms with Gasteiger partial charge in [0.1, 0.15) is 36.1 Å². The molecule has 0 aromatic heterocycles. The monoisotopic (exact) mass is 1090 g/mol. The maximum Gasteiger partial charge on any atom is 0.508 e. The van der Waals surface area contributed by atoms with Crippen molar-refractivity contribution in [3.63, 3.8) is 0 Å². The second-order valence-electron chi connectivity index (χ2n) is 13.7. The first kappa shape index (κ1) is 40.0. The largest absolute Gasteiger partial charge is 0.508 e. The van der Waals surface area contributed by atoms with Gasteiger partial charge in [-0.1, -0.05) is 62.4 Å². The van der Waals surface area contributed by atoms with Crippen LogP contribution in [0.25, 0.3) is 0 Å². The number of hydrogen-bond acceptors (Lipinski definition) is 11. The number of carbonyl (C=O) groups is 3. The van der Waals surface area contributed by atoms with Crippen LogP contribution < -0.4 is 0 Å². The molecular weight excluding hydrogens is 1050 g/mol. The van der Waals surface area contributed by atoms with Gasteiger partial charge in [0.15, 0.2) is 5.78 Å². The van der Waals surface area contributed by atoms with E-state index in [2.05, 4.69) is 0 Å². The average molecular weight is 1090 g/mol. The van der Waals surface area contributed by atoms with Gasteiger partial charge in [-0.2, -0.15) is 0 Å². The molecule has 9 atom stereocenters. The number of ketones is 1. The molecule has 2 saturated carbocycles. The van der Waals surface area contributed by atoms with Crippen molar-refractivity contribution in [2.45, 2.75) is 88.9 Å². The molecule has 3 aliphatic carbocycles. The van der Waals surface area contributed by atoms with Crippen molar-refractivity contribution >= 4 is 17.9 Å². The molecule has 3 fully saturated rings. The number of hydrogen-bond donors (Lipinski definition) is 4. The number of rotatable bonds is 5. The summed E-state index contributed by atoms with van der Waals surface area (Å²) in [7, 11) is 0. The summed E-state index contributed by atoms with van der Waals surface area (Å²) in [6.45, 7) is 5.85. The van der Waals surface area contributed by atoms with Gasteiger partial charge in [0, 0.05) is 112 Å². The molecule has 11 nitrogen and oxygen atoms in total. The first-order valence-corrected chi connectivity index (χ1v) is 15.5. The van der Waals surface area contributed by atoms with E-state index >= 15 is 0 Å². The Morgan fingerprint density at radius 1 is 0.938 bits per heavy atom. The Morgan fingerprint density at radius 3 is 2.12 bits per heavy atom. The van der Waals surface area contributed by atoms with Crippen molar-refractivity contribution in [3.05, 3.63) is 82.9 Å². The fourth-order valence-corrected chi connectivity index (χ4v) is 8.28. The third-order valence-corrected chi connectivity index (χ3v) is 11.0. The van der Waals surface area contributed by atoms with E-state index in [9.17, 15) is 34.8 Å². The Labute approximate surface area is 350 Å². The Kier molecular flexibility index (Phi) is 12.3. The molecular formula is C35H40Ac2O11. The molecule has 1 saturated heterocycles. The summed E-state index contributed by atoms with van der Waals surface area (Å²) in [5.74, 6) is -3.11. The number of esters is 1. The van der Waals surface area contributed by atoms with E-state index in [0.717, 1.165) is 0 Å². The summed E-state index contributed by atoms with van der Waals surface area (Å²) >= 11 is 0. The number of aliphatic hydroxyl groups is 4. The molecule has 0 amide bonds. The minimum Gasteiger partial charge on any atom is -0.455 e. The Bertz CT molecular complexity index is 1570. The quantitative estimate of drug-likeness (QED) is 0.257. The molecule has 9 unspecified atom stereocenters. The van der Waals surface area contributed by atoms with Crippen LogP contribution in [0.3, 0.4) is 0 Å². The maximum absolute atomic E-state index is 14.7. The third kappa shape index (κ3) is 6.34. The molecule has 4 N–H and O–H groups in total. The third-order valence-electron chi connectivity index (χ3n) is 11.0. The van der Waals surface area contributed by atoms with E-state index in [4.69, 9.17) is 18.9 Å². The molecule has 2 radical (unpaired) electrons. The normalized spacial score (nSPS) is 36.3. The van der Waals surface area contributed by atoms with Crippen molar-refractivity contribution in [2.75, 3.05) is 6.61 Å². The van der Waals surface area contributed by atoms with Gasteiger partial charge in [-0.15, -0.1) is 0 Å². The molecule has 13 heteroatoms. The molecule has 2 aromatic carbocycles. The molecule has 252 valence electrons. The van der Waals surface area contributed by atoms with Gasteiger partial charge in [-0.25, -0.2) is 9.59 Å². The first-order chi connectivity index (χ1) is 21.7. The predicted molar refractivity (Wildman–Crippen MR) is 161 cm³/mol. The molecule has 2 bridgehead atoms. The smallest absolute Gasteiger partial charge is 0.455 e. The minimum absolute atomic E-state index is 0. The molecule has 48 heavy (non-hydrogen) atoms. The summed E-state index contributed by atoms with van der Waals surface area (Å²) in [5, 5.41) is 48.1. The summed E-state index contributed by atoms with van der Waals surface area (Å²) in [6.07, 6.45) is -8.67. The molecule has 4 aliphatic rings. The molecule has 1 aliphatic heterocycles. The zero-order valence-electron chi connectivity index (χ0n) is 27.4. The van der Waals surface area contributed by atoms with Crippen molar-refractivity contribution in [1.29, 1.82) is 0 Å². The second kappa shape index (κ2) is 14.7. The van der Waals surface area contributed by atoms with E-state index < -0.39 is 76.4 Å². The molecule has 2 aromatic rings. The molecule has 6 rings (SSSR count). The fraction of sp³-hybridized carbons (Fsp3) is 0.514. The number of ether oxygens (including phenoxy) is 4. The van der Waals surface area contributed by atoms with Gasteiger partial charge in [0.2, 0.25) is 0 Å². The zero-order chi connectivity index (χ0) is 33.2. The van der Waals surface area contributed by atoms with Crippen molar-refractivity contribution in [1.82, 2.24) is 0 Å². The van der Waals surface area contributed by atoms with Crippen molar-refractivity contribution in [3.8, 4) is 0 Å². The fourth-order valence-electron chi connectivity index (χ4n) is 8.28. The Balaban J connectivity index is 0.00000260. The van der Waals surface area contributed by atoms with E-state index in [0.29, 0.717) is 11.1 Å². The van der Waals surface area contributed by atoms with Crippen LogP contribution in [0.1, 0.15) is 56.5 Å². The van der Waals surface area contributed by atoms with Crippen LogP contribution >= 0.6 is 0 Å². The van der Waals surface area contributed by atoms with E-state index in [1.807, 2.05) is 6.07 Å². The van der Waals surface area contributed by atoms with Crippen LogP contribution in [0.4, 0.5) is 4.79 Å². The first-order valence-electron chi connectivity index (χ1n) is 15.5. The van der Waals surface area contributed by atoms with Crippen LogP contribution in [-0.2, 0) is 30.3 Å². The number of aliphatic hydroxyl groups excluding tert-OH is 2. The van der Waals surface area contributed by atoms with E-state index in [1.54, 1.807) is 63.2 Å². The summed E-state index contributed by atoms with van der Waals surface area (Å²) in [6, 6.07) is 17.0. The topological polar surface area (TPSA) is 169 Å². The van der Waals surface area contributed by atoms with Crippen molar-refractivity contribution in [2.24, 2.45) is 16.7 Å². The van der Waals surface area contributed by atoms with E-state index in [1.165, 1.54) is 19.1 Å². The van der Waals surface area contributed by atoms with Gasteiger partial charge in [-0.3, -0.25) is 4.79 Å². The van der Waals surface area contributed by atoms with Crippen LogP contribution in [0.2, 0.25) is 0 Å². The summed E-state index contributed by atoms with van der Waals surface area (Å²) < 4.78 is 23.1. The number of fused-ring (bicyclic) bond motifs is 5. The second-order valence-corrected chi connectivity index (χ2v) is 13.7. The molecule has 0 spiro atoms. The zero-order valence-corrected chi connectivity index (χ0v) is 36.9. The Hall–Kier alpha value is -0.727. The molecule has 1 heterocycles. The van der Waals surface area contributed by atoms with Gasteiger partial charge in [0.25, 0.3) is 0 Å². The number of carbonyl (C=O) groups excluding carboxylic acids is 3. The Morgan fingerprint density at radius 2 is 1.54 bits per heavy atom. The van der Waals surface area contributed by atoms with Crippen LogP contribution in [0, 0.1) is 105 Å². The van der Waals surface area contributed by atoms with Crippen LogP contribution in [-0.4, -0.2) is 86.7 Å². The predicted octanol–water partition coefficient (Wildman–Crippen LogP) is 2.87. The number of Topliss-reactive ketones (excluding diaryl/α,β-unsaturated/α-hetero) is 1. The van der Waals surface area contributed by atoms with E-state index in [-0.39, 0.29) is 125 Å². The minimum atomic E-state index is -2.12. The average Bonchev–Trinajstić information content (AvgIpc) is 3.03. The van der Waals surface area contributed by atoms with Crippen LogP contribution in [0.5, 0.6) is 0 Å². The van der Waals surface area contributed by atoms with Gasteiger partial charge in [0.05, 0.1) is 29.8 Å². The number of benzene rings is 2. The maximum atomic E-state index is 14.7. The standard InChI is InChI=1S/C35H40O11.2Ac/c1-19-22(36)16-35(42)29(46-30(39)21-13-9-6-10-14-21)27-33(4,28(38)26(37)25(19)32(35,2)3)23(15-24-34(27,41)18-44-24)45-31(40)43-17-20-11-7-5-8-12-20;;/h5-14,22-24,26-27,29,36-37,41-42H,15-18H2,1-4H3;;.